The summed E-state index contributed by atoms with van der Waals surface area (Å²) in [5.41, 5.74) is 1.27. The Balaban J connectivity index is 1.99. The molecule has 0 bridgehead atoms. The average molecular weight is 333 g/mol. The van der Waals surface area contributed by atoms with Crippen LogP contribution in [0.4, 0.5) is 0 Å². The summed E-state index contributed by atoms with van der Waals surface area (Å²) in [6.45, 7) is 5.65. The van der Waals surface area contributed by atoms with Gasteiger partial charge in [0.1, 0.15) is 12.4 Å². The molecule has 7 nitrogen and oxygen atoms in total. The number of carbonyl (C=O) groups is 1. The third-order valence-electron chi connectivity index (χ3n) is 3.20. The van der Waals surface area contributed by atoms with Gasteiger partial charge in [0.2, 0.25) is 0 Å². The van der Waals surface area contributed by atoms with Gasteiger partial charge in [-0.15, -0.1) is 0 Å². The van der Waals surface area contributed by atoms with Crippen LogP contribution in [0.2, 0.25) is 0 Å². The maximum atomic E-state index is 12.1. The van der Waals surface area contributed by atoms with Gasteiger partial charge in [-0.1, -0.05) is 6.07 Å². The van der Waals surface area contributed by atoms with Gasteiger partial charge in [0.25, 0.3) is 5.91 Å². The molecule has 0 aliphatic rings. The van der Waals surface area contributed by atoms with Crippen LogP contribution >= 0.6 is 0 Å². The summed E-state index contributed by atoms with van der Waals surface area (Å²) >= 11 is 0. The highest BCUT2D eigenvalue weighted by Gasteiger charge is 2.11. The fourth-order valence-electron chi connectivity index (χ4n) is 2.17. The minimum Gasteiger partial charge on any atom is -0.490 e. The zero-order valence-electron chi connectivity index (χ0n) is 14.2. The van der Waals surface area contributed by atoms with Gasteiger partial charge >= 0.3 is 0 Å². The van der Waals surface area contributed by atoms with E-state index in [4.69, 9.17) is 14.2 Å². The van der Waals surface area contributed by atoms with Gasteiger partial charge in [-0.25, -0.2) is 4.68 Å². The van der Waals surface area contributed by atoms with E-state index in [0.29, 0.717) is 43.7 Å². The molecule has 1 aromatic carbocycles. The zero-order chi connectivity index (χ0) is 17.4. The summed E-state index contributed by atoms with van der Waals surface area (Å²) in [5.74, 6) is 1.14. The number of hydrogen-bond donors (Lipinski definition) is 1. The van der Waals surface area contributed by atoms with Crippen LogP contribution in [-0.2, 0) is 18.0 Å². The highest BCUT2D eigenvalue weighted by molar-refractivity contribution is 5.92. The monoisotopic (exact) mass is 333 g/mol. The molecular weight excluding hydrogens is 310 g/mol. The van der Waals surface area contributed by atoms with E-state index in [1.165, 1.54) is 0 Å². The van der Waals surface area contributed by atoms with Gasteiger partial charge in [0, 0.05) is 19.9 Å². The smallest absolute Gasteiger partial charge is 0.272 e. The standard InChI is InChI=1S/C17H23N3O4/c1-4-23-15-7-6-13(10-16(15)24-5-2)11-18-17(21)14-8-9-20(19-14)12-22-3/h6-10H,4-5,11-12H2,1-3H3,(H,18,21). The fraction of sp³-hybridized carbons (Fsp3) is 0.412. The molecule has 24 heavy (non-hydrogen) atoms. The van der Waals surface area contributed by atoms with Crippen LogP contribution in [0.15, 0.2) is 30.5 Å². The second-order valence-corrected chi connectivity index (χ2v) is 4.99. The first-order valence-electron chi connectivity index (χ1n) is 7.87. The highest BCUT2D eigenvalue weighted by Crippen LogP contribution is 2.28. The Morgan fingerprint density at radius 1 is 1.17 bits per heavy atom. The van der Waals surface area contributed by atoms with Crippen LogP contribution in [0.1, 0.15) is 29.9 Å². The molecule has 130 valence electrons. The zero-order valence-corrected chi connectivity index (χ0v) is 14.2. The van der Waals surface area contributed by atoms with Gasteiger partial charge in [0.15, 0.2) is 11.5 Å². The quantitative estimate of drug-likeness (QED) is 0.761. The number of methoxy groups -OCH3 is 1. The second-order valence-electron chi connectivity index (χ2n) is 4.99. The molecule has 1 amide bonds. The van der Waals surface area contributed by atoms with Crippen LogP contribution in [0, 0.1) is 0 Å². The lowest BCUT2D eigenvalue weighted by atomic mass is 10.2. The molecule has 0 radical (unpaired) electrons. The number of amides is 1. The number of aromatic nitrogens is 2. The van der Waals surface area contributed by atoms with Crippen molar-refractivity contribution >= 4 is 5.91 Å². The van der Waals surface area contributed by atoms with Crippen molar-refractivity contribution in [3.8, 4) is 11.5 Å². The fourth-order valence-corrected chi connectivity index (χ4v) is 2.17. The molecule has 1 aromatic heterocycles. The van der Waals surface area contributed by atoms with Crippen LogP contribution in [0.3, 0.4) is 0 Å². The first-order valence-corrected chi connectivity index (χ1v) is 7.87. The van der Waals surface area contributed by atoms with Gasteiger partial charge in [-0.05, 0) is 37.6 Å². The van der Waals surface area contributed by atoms with Crippen molar-refractivity contribution in [3.05, 3.63) is 41.7 Å². The summed E-state index contributed by atoms with van der Waals surface area (Å²) < 4.78 is 17.6. The molecular formula is C17H23N3O4. The predicted octanol–water partition coefficient (Wildman–Crippen LogP) is 2.21. The van der Waals surface area contributed by atoms with Gasteiger partial charge in [0.05, 0.1) is 13.2 Å². The minimum atomic E-state index is -0.239. The Kier molecular flexibility index (Phi) is 6.62. The number of rotatable bonds is 9. The van der Waals surface area contributed by atoms with Gasteiger partial charge < -0.3 is 19.5 Å². The van der Waals surface area contributed by atoms with Crippen molar-refractivity contribution < 1.29 is 19.0 Å². The predicted molar refractivity (Wildman–Crippen MR) is 89.2 cm³/mol. The molecule has 0 saturated carbocycles. The minimum absolute atomic E-state index is 0.239. The van der Waals surface area contributed by atoms with Gasteiger partial charge in [-0.3, -0.25) is 4.79 Å². The summed E-state index contributed by atoms with van der Waals surface area (Å²) in [6.07, 6.45) is 1.70. The van der Waals surface area contributed by atoms with Crippen molar-refractivity contribution in [3.63, 3.8) is 0 Å². The topological polar surface area (TPSA) is 74.6 Å². The summed E-state index contributed by atoms with van der Waals surface area (Å²) in [7, 11) is 1.57. The van der Waals surface area contributed by atoms with E-state index in [9.17, 15) is 4.79 Å². The lowest BCUT2D eigenvalue weighted by Crippen LogP contribution is -2.23. The average Bonchev–Trinajstić information content (AvgIpc) is 3.04. The third-order valence-corrected chi connectivity index (χ3v) is 3.20. The molecule has 7 heteroatoms. The second kappa shape index (κ2) is 8.93. The molecule has 2 aromatic rings. The number of nitrogens with zero attached hydrogens (tertiary/aromatic N) is 2. The Labute approximate surface area is 141 Å². The molecule has 1 heterocycles. The van der Waals surface area contributed by atoms with E-state index in [0.717, 1.165) is 5.56 Å². The van der Waals surface area contributed by atoms with E-state index in [1.807, 2.05) is 32.0 Å². The Hall–Kier alpha value is -2.54. The number of nitrogens with one attached hydrogen (secondary N) is 1. The molecule has 0 aliphatic heterocycles. The number of carbonyl (C=O) groups excluding carboxylic acids is 1. The molecule has 0 spiro atoms. The van der Waals surface area contributed by atoms with E-state index >= 15 is 0 Å². The van der Waals surface area contributed by atoms with Crippen LogP contribution in [0.25, 0.3) is 0 Å². The van der Waals surface area contributed by atoms with Crippen molar-refractivity contribution in [2.75, 3.05) is 20.3 Å². The van der Waals surface area contributed by atoms with E-state index in [1.54, 1.807) is 24.1 Å². The van der Waals surface area contributed by atoms with Crippen LogP contribution < -0.4 is 14.8 Å². The molecule has 0 fully saturated rings. The van der Waals surface area contributed by atoms with Crippen molar-refractivity contribution in [2.24, 2.45) is 0 Å². The Bertz CT molecular complexity index is 670. The first kappa shape index (κ1) is 17.8. The normalized spacial score (nSPS) is 10.5. The van der Waals surface area contributed by atoms with E-state index < -0.39 is 0 Å². The largest absolute Gasteiger partial charge is 0.490 e. The molecule has 0 unspecified atom stereocenters. The Morgan fingerprint density at radius 2 is 1.92 bits per heavy atom. The first-order chi connectivity index (χ1) is 11.7. The molecule has 0 atom stereocenters. The van der Waals surface area contributed by atoms with Crippen molar-refractivity contribution in [1.29, 1.82) is 0 Å². The van der Waals surface area contributed by atoms with E-state index in [2.05, 4.69) is 10.4 Å². The van der Waals surface area contributed by atoms with Crippen LogP contribution in [-0.4, -0.2) is 36.0 Å². The van der Waals surface area contributed by atoms with Crippen molar-refractivity contribution in [1.82, 2.24) is 15.1 Å². The van der Waals surface area contributed by atoms with Gasteiger partial charge in [-0.2, -0.15) is 5.10 Å². The van der Waals surface area contributed by atoms with Crippen molar-refractivity contribution in [2.45, 2.75) is 27.1 Å². The molecule has 0 saturated heterocycles. The molecule has 2 rings (SSSR count). The van der Waals surface area contributed by atoms with Crippen LogP contribution in [0.5, 0.6) is 11.5 Å². The lowest BCUT2D eigenvalue weighted by molar-refractivity contribution is 0.0938. The summed E-state index contributed by atoms with van der Waals surface area (Å²) in [6, 6.07) is 7.27. The summed E-state index contributed by atoms with van der Waals surface area (Å²) in [4.78, 5) is 12.1. The SMILES string of the molecule is CCOc1ccc(CNC(=O)c2ccn(COC)n2)cc1OCC. The molecule has 0 aliphatic carbocycles. The number of benzene rings is 1. The third kappa shape index (κ3) is 4.73. The number of hydrogen-bond acceptors (Lipinski definition) is 5. The Morgan fingerprint density at radius 3 is 2.62 bits per heavy atom. The van der Waals surface area contributed by atoms with E-state index in [-0.39, 0.29) is 5.91 Å². The maximum absolute atomic E-state index is 12.1. The highest BCUT2D eigenvalue weighted by atomic mass is 16.5. The maximum Gasteiger partial charge on any atom is 0.272 e. The number of ether oxygens (including phenoxy) is 3. The lowest BCUT2D eigenvalue weighted by Gasteiger charge is -2.12. The molecule has 1 N–H and O–H groups in total. The summed E-state index contributed by atoms with van der Waals surface area (Å²) in [5, 5.41) is 6.97.